The highest BCUT2D eigenvalue weighted by atomic mass is 32.2. The number of nitrogens with two attached hydrogens (primary N) is 1. The van der Waals surface area contributed by atoms with E-state index >= 15 is 0 Å². The van der Waals surface area contributed by atoms with E-state index in [2.05, 4.69) is 29.8 Å². The molecule has 0 aromatic carbocycles. The first-order valence-electron chi connectivity index (χ1n) is 6.76. The van der Waals surface area contributed by atoms with Crippen LogP contribution in [0.4, 0.5) is 5.82 Å². The maximum absolute atomic E-state index is 6.08. The predicted molar refractivity (Wildman–Crippen MR) is 80.3 cm³/mol. The van der Waals surface area contributed by atoms with E-state index in [1.807, 2.05) is 24.0 Å². The summed E-state index contributed by atoms with van der Waals surface area (Å²) in [5, 5.41) is 0.688. The SMILES string of the molecule is CCC(N)Cc1cccnc1N1CCSC(C)C1. The molecule has 3 nitrogen and oxygen atoms in total. The zero-order chi connectivity index (χ0) is 13.0. The van der Waals surface area contributed by atoms with Gasteiger partial charge in [-0.1, -0.05) is 19.9 Å². The second-order valence-corrected chi connectivity index (χ2v) is 6.53. The van der Waals surface area contributed by atoms with Crippen LogP contribution in [-0.2, 0) is 6.42 Å². The van der Waals surface area contributed by atoms with Crippen LogP contribution in [-0.4, -0.2) is 35.1 Å². The third-order valence-electron chi connectivity index (χ3n) is 3.41. The summed E-state index contributed by atoms with van der Waals surface area (Å²) in [5.41, 5.74) is 7.38. The monoisotopic (exact) mass is 265 g/mol. The lowest BCUT2D eigenvalue weighted by Crippen LogP contribution is -2.38. The van der Waals surface area contributed by atoms with E-state index in [0.29, 0.717) is 5.25 Å². The van der Waals surface area contributed by atoms with Crippen molar-refractivity contribution in [2.24, 2.45) is 5.73 Å². The van der Waals surface area contributed by atoms with Crippen molar-refractivity contribution < 1.29 is 0 Å². The van der Waals surface area contributed by atoms with Crippen LogP contribution in [0.25, 0.3) is 0 Å². The molecule has 2 atom stereocenters. The molecule has 2 N–H and O–H groups in total. The Morgan fingerprint density at radius 3 is 3.17 bits per heavy atom. The van der Waals surface area contributed by atoms with Crippen LogP contribution in [0.1, 0.15) is 25.8 Å². The molecule has 0 aliphatic carbocycles. The first kappa shape index (κ1) is 13.7. The smallest absolute Gasteiger partial charge is 0.131 e. The van der Waals surface area contributed by atoms with Crippen molar-refractivity contribution >= 4 is 17.6 Å². The lowest BCUT2D eigenvalue weighted by Gasteiger charge is -2.33. The van der Waals surface area contributed by atoms with Gasteiger partial charge in [-0.15, -0.1) is 0 Å². The third-order valence-corrected chi connectivity index (χ3v) is 4.55. The molecule has 2 rings (SSSR count). The lowest BCUT2D eigenvalue weighted by atomic mass is 10.0. The van der Waals surface area contributed by atoms with Crippen LogP contribution in [0, 0.1) is 0 Å². The van der Waals surface area contributed by atoms with Crippen LogP contribution >= 0.6 is 11.8 Å². The van der Waals surface area contributed by atoms with Crippen LogP contribution in [0.5, 0.6) is 0 Å². The Labute approximate surface area is 114 Å². The number of nitrogens with zero attached hydrogens (tertiary/aromatic N) is 2. The molecule has 2 heterocycles. The quantitative estimate of drug-likeness (QED) is 0.907. The number of hydrogen-bond acceptors (Lipinski definition) is 4. The van der Waals surface area contributed by atoms with Crippen molar-refractivity contribution in [3.05, 3.63) is 23.9 Å². The molecule has 4 heteroatoms. The van der Waals surface area contributed by atoms with E-state index in [1.165, 1.54) is 11.3 Å². The van der Waals surface area contributed by atoms with Gasteiger partial charge in [-0.3, -0.25) is 0 Å². The minimum absolute atomic E-state index is 0.240. The fourth-order valence-electron chi connectivity index (χ4n) is 2.31. The molecular formula is C14H23N3S. The average Bonchev–Trinajstić information content (AvgIpc) is 2.39. The normalized spacial score (nSPS) is 21.9. The minimum atomic E-state index is 0.240. The summed E-state index contributed by atoms with van der Waals surface area (Å²) in [6, 6.07) is 4.43. The van der Waals surface area contributed by atoms with Gasteiger partial charge < -0.3 is 10.6 Å². The highest BCUT2D eigenvalue weighted by molar-refractivity contribution is 8.00. The van der Waals surface area contributed by atoms with Gasteiger partial charge in [0.2, 0.25) is 0 Å². The highest BCUT2D eigenvalue weighted by Crippen LogP contribution is 2.25. The standard InChI is InChI=1S/C14H23N3S/c1-3-13(15)9-12-5-4-6-16-14(12)17-7-8-18-11(2)10-17/h4-6,11,13H,3,7-10,15H2,1-2H3. The molecule has 0 radical (unpaired) electrons. The van der Waals surface area contributed by atoms with E-state index in [4.69, 9.17) is 5.73 Å². The molecule has 1 fully saturated rings. The topological polar surface area (TPSA) is 42.1 Å². The van der Waals surface area contributed by atoms with Crippen LogP contribution in [0.3, 0.4) is 0 Å². The molecule has 0 spiro atoms. The zero-order valence-electron chi connectivity index (χ0n) is 11.3. The molecule has 1 aliphatic heterocycles. The van der Waals surface area contributed by atoms with Gasteiger partial charge >= 0.3 is 0 Å². The summed E-state index contributed by atoms with van der Waals surface area (Å²) in [6.07, 6.45) is 3.83. The molecule has 0 bridgehead atoms. The van der Waals surface area contributed by atoms with Gasteiger partial charge in [-0.25, -0.2) is 4.98 Å². The molecule has 18 heavy (non-hydrogen) atoms. The predicted octanol–water partition coefficient (Wildman–Crippen LogP) is 2.30. The van der Waals surface area contributed by atoms with Crippen molar-refractivity contribution in [2.45, 2.75) is 38.0 Å². The maximum atomic E-state index is 6.08. The molecule has 0 saturated carbocycles. The molecule has 0 amide bonds. The fourth-order valence-corrected chi connectivity index (χ4v) is 3.33. The maximum Gasteiger partial charge on any atom is 0.131 e. The minimum Gasteiger partial charge on any atom is -0.354 e. The zero-order valence-corrected chi connectivity index (χ0v) is 12.1. The number of hydrogen-bond donors (Lipinski definition) is 1. The fraction of sp³-hybridized carbons (Fsp3) is 0.643. The van der Waals surface area contributed by atoms with E-state index in [9.17, 15) is 0 Å². The molecule has 100 valence electrons. The van der Waals surface area contributed by atoms with Gasteiger partial charge in [-0.2, -0.15) is 11.8 Å². The largest absolute Gasteiger partial charge is 0.354 e. The summed E-state index contributed by atoms with van der Waals surface area (Å²) in [5.74, 6) is 2.34. The number of aromatic nitrogens is 1. The van der Waals surface area contributed by atoms with Crippen molar-refractivity contribution in [2.75, 3.05) is 23.7 Å². The van der Waals surface area contributed by atoms with Crippen LogP contribution < -0.4 is 10.6 Å². The van der Waals surface area contributed by atoms with Gasteiger partial charge in [0, 0.05) is 36.3 Å². The van der Waals surface area contributed by atoms with Crippen molar-refractivity contribution in [1.29, 1.82) is 0 Å². The van der Waals surface area contributed by atoms with Crippen LogP contribution in [0.2, 0.25) is 0 Å². The summed E-state index contributed by atoms with van der Waals surface area (Å²) < 4.78 is 0. The molecule has 1 aliphatic rings. The Bertz CT molecular complexity index is 383. The Hall–Kier alpha value is -0.740. The Kier molecular flexibility index (Phi) is 4.89. The Balaban J connectivity index is 2.15. The van der Waals surface area contributed by atoms with E-state index < -0.39 is 0 Å². The summed E-state index contributed by atoms with van der Waals surface area (Å²) in [6.45, 7) is 6.62. The number of anilines is 1. The summed E-state index contributed by atoms with van der Waals surface area (Å²) >= 11 is 2.05. The third kappa shape index (κ3) is 3.39. The van der Waals surface area contributed by atoms with E-state index in [1.54, 1.807) is 0 Å². The van der Waals surface area contributed by atoms with Crippen LogP contribution in [0.15, 0.2) is 18.3 Å². The number of rotatable bonds is 4. The summed E-state index contributed by atoms with van der Waals surface area (Å²) in [7, 11) is 0. The number of pyridine rings is 1. The Morgan fingerprint density at radius 1 is 1.61 bits per heavy atom. The molecule has 2 unspecified atom stereocenters. The van der Waals surface area contributed by atoms with Gasteiger partial charge in [0.25, 0.3) is 0 Å². The first-order valence-corrected chi connectivity index (χ1v) is 7.81. The molecule has 1 saturated heterocycles. The van der Waals surface area contributed by atoms with Gasteiger partial charge in [0.1, 0.15) is 5.82 Å². The van der Waals surface area contributed by atoms with E-state index in [-0.39, 0.29) is 6.04 Å². The second-order valence-electron chi connectivity index (χ2n) is 4.99. The van der Waals surface area contributed by atoms with E-state index in [0.717, 1.165) is 31.7 Å². The Morgan fingerprint density at radius 2 is 2.44 bits per heavy atom. The van der Waals surface area contributed by atoms with Gasteiger partial charge in [0.15, 0.2) is 0 Å². The number of thioether (sulfide) groups is 1. The average molecular weight is 265 g/mol. The van der Waals surface area contributed by atoms with Crippen molar-refractivity contribution in [3.8, 4) is 0 Å². The summed E-state index contributed by atoms with van der Waals surface area (Å²) in [4.78, 5) is 7.00. The van der Waals surface area contributed by atoms with Gasteiger partial charge in [-0.05, 0) is 24.5 Å². The van der Waals surface area contributed by atoms with Crippen molar-refractivity contribution in [3.63, 3.8) is 0 Å². The highest BCUT2D eigenvalue weighted by Gasteiger charge is 2.20. The lowest BCUT2D eigenvalue weighted by molar-refractivity contribution is 0.641. The molecule has 1 aromatic rings. The molecule has 1 aromatic heterocycles. The van der Waals surface area contributed by atoms with Crippen molar-refractivity contribution in [1.82, 2.24) is 4.98 Å². The second kappa shape index (κ2) is 6.43. The first-order chi connectivity index (χ1) is 8.70. The molecular weight excluding hydrogens is 242 g/mol. The van der Waals surface area contributed by atoms with Gasteiger partial charge in [0.05, 0.1) is 0 Å².